The third-order valence-electron chi connectivity index (χ3n) is 6.75. The normalized spacial score (nSPS) is 10.7. The number of nitro benzene ring substituents is 1. The smallest absolute Gasteiger partial charge is 0.343 e. The van der Waals surface area contributed by atoms with Gasteiger partial charge in [-0.2, -0.15) is 0 Å². The number of unbranched alkanes of at least 4 members (excludes halogenated alkanes) is 8. The fourth-order valence-corrected chi connectivity index (χ4v) is 4.29. The number of rotatable bonds is 19. The number of benzene rings is 3. The molecule has 0 N–H and O–H groups in total. The second-order valence-electron chi connectivity index (χ2n) is 10.2. The second-order valence-corrected chi connectivity index (χ2v) is 10.2. The van der Waals surface area contributed by atoms with Crippen molar-refractivity contribution in [3.05, 3.63) is 88.0 Å². The van der Waals surface area contributed by atoms with Gasteiger partial charge in [0.25, 0.3) is 0 Å². The van der Waals surface area contributed by atoms with Crippen LogP contribution in [0.2, 0.25) is 0 Å². The van der Waals surface area contributed by atoms with Crippen molar-refractivity contribution < 1.29 is 33.5 Å². The zero-order valence-corrected chi connectivity index (χ0v) is 25.0. The monoisotopic (exact) mass is 591 g/mol. The van der Waals surface area contributed by atoms with Crippen LogP contribution in [0.3, 0.4) is 0 Å². The SMILES string of the molecule is CCCCCCCCOc1ccc(C(=O)Oc2ccc(OC(=O)c3ccc(OCCCCCC)c([N+](=O)[O-])c3)cc2)cc1. The van der Waals surface area contributed by atoms with E-state index < -0.39 is 16.9 Å². The summed E-state index contributed by atoms with van der Waals surface area (Å²) in [5.41, 5.74) is 0.0851. The number of esters is 2. The van der Waals surface area contributed by atoms with Crippen LogP contribution in [0.4, 0.5) is 5.69 Å². The van der Waals surface area contributed by atoms with Gasteiger partial charge in [-0.3, -0.25) is 10.1 Å². The summed E-state index contributed by atoms with van der Waals surface area (Å²) in [6.45, 7) is 5.30. The van der Waals surface area contributed by atoms with Crippen LogP contribution in [0.5, 0.6) is 23.0 Å². The lowest BCUT2D eigenvalue weighted by atomic mass is 10.1. The summed E-state index contributed by atoms with van der Waals surface area (Å²) in [4.78, 5) is 36.2. The Kier molecular flexibility index (Phi) is 14.0. The van der Waals surface area contributed by atoms with Gasteiger partial charge in [0, 0.05) is 6.07 Å². The van der Waals surface area contributed by atoms with Crippen molar-refractivity contribution in [1.29, 1.82) is 0 Å². The van der Waals surface area contributed by atoms with Crippen molar-refractivity contribution in [3.63, 3.8) is 0 Å². The lowest BCUT2D eigenvalue weighted by Gasteiger charge is -2.09. The molecule has 0 spiro atoms. The maximum Gasteiger partial charge on any atom is 0.343 e. The number of carbonyl (C=O) groups is 2. The molecular weight excluding hydrogens is 550 g/mol. The Morgan fingerprint density at radius 3 is 1.65 bits per heavy atom. The minimum Gasteiger partial charge on any atom is -0.494 e. The molecule has 0 aliphatic carbocycles. The molecule has 0 amide bonds. The van der Waals surface area contributed by atoms with Crippen LogP contribution < -0.4 is 18.9 Å². The fraction of sp³-hybridized carbons (Fsp3) is 0.412. The third-order valence-corrected chi connectivity index (χ3v) is 6.75. The van der Waals surface area contributed by atoms with Gasteiger partial charge in [0.15, 0.2) is 5.75 Å². The van der Waals surface area contributed by atoms with Gasteiger partial charge < -0.3 is 18.9 Å². The van der Waals surface area contributed by atoms with Crippen molar-refractivity contribution in [2.75, 3.05) is 13.2 Å². The zero-order valence-electron chi connectivity index (χ0n) is 25.0. The van der Waals surface area contributed by atoms with E-state index in [0.717, 1.165) is 44.6 Å². The number of nitro groups is 1. The molecule has 0 heterocycles. The van der Waals surface area contributed by atoms with Gasteiger partial charge >= 0.3 is 17.6 Å². The largest absolute Gasteiger partial charge is 0.494 e. The molecule has 3 aromatic carbocycles. The standard InChI is InChI=1S/C34H41NO8/c1-3-5-7-9-10-12-23-40-28-16-13-26(14-17-28)33(36)42-29-18-20-30(21-19-29)43-34(37)27-15-22-32(31(25-27)35(38)39)41-24-11-8-6-4-2/h13-22,25H,3-12,23-24H2,1-2H3. The lowest BCUT2D eigenvalue weighted by molar-refractivity contribution is -0.385. The Bertz CT molecular complexity index is 1300. The van der Waals surface area contributed by atoms with Gasteiger partial charge in [0.2, 0.25) is 0 Å². The summed E-state index contributed by atoms with van der Waals surface area (Å²) in [5, 5.41) is 11.6. The van der Waals surface area contributed by atoms with Crippen LogP contribution >= 0.6 is 0 Å². The summed E-state index contributed by atoms with van der Waals surface area (Å²) < 4.78 is 22.1. The molecule has 0 fully saturated rings. The first-order valence-corrected chi connectivity index (χ1v) is 15.1. The molecule has 0 aromatic heterocycles. The molecule has 0 bridgehead atoms. The molecule has 0 radical (unpaired) electrons. The number of hydrogen-bond donors (Lipinski definition) is 0. The molecule has 0 aliphatic rings. The Hall–Kier alpha value is -4.40. The molecule has 0 aliphatic heterocycles. The first-order chi connectivity index (χ1) is 20.9. The van der Waals surface area contributed by atoms with Gasteiger partial charge in [-0.05, 0) is 73.5 Å². The van der Waals surface area contributed by atoms with Gasteiger partial charge in [0.05, 0.1) is 29.3 Å². The van der Waals surface area contributed by atoms with Crippen LogP contribution in [-0.2, 0) is 0 Å². The maximum absolute atomic E-state index is 12.7. The number of ether oxygens (including phenoxy) is 4. The predicted octanol–water partition coefficient (Wildman–Crippen LogP) is 8.73. The van der Waals surface area contributed by atoms with Crippen molar-refractivity contribution in [2.45, 2.75) is 78.1 Å². The zero-order chi connectivity index (χ0) is 30.9. The average Bonchev–Trinajstić information content (AvgIpc) is 3.01. The highest BCUT2D eigenvalue weighted by molar-refractivity contribution is 5.92. The van der Waals surface area contributed by atoms with Crippen molar-refractivity contribution in [1.82, 2.24) is 0 Å². The summed E-state index contributed by atoms with van der Waals surface area (Å²) in [6, 6.07) is 16.7. The molecule has 3 aromatic rings. The van der Waals surface area contributed by atoms with E-state index >= 15 is 0 Å². The van der Waals surface area contributed by atoms with Gasteiger partial charge in [-0.1, -0.05) is 65.2 Å². The quantitative estimate of drug-likeness (QED) is 0.0447. The molecular formula is C34H41NO8. The highest BCUT2D eigenvalue weighted by atomic mass is 16.6. The number of nitrogens with zero attached hydrogens (tertiary/aromatic N) is 1. The summed E-state index contributed by atoms with van der Waals surface area (Å²) in [7, 11) is 0. The molecule has 230 valence electrons. The van der Waals surface area contributed by atoms with E-state index in [4.69, 9.17) is 18.9 Å². The van der Waals surface area contributed by atoms with Crippen LogP contribution in [-0.4, -0.2) is 30.1 Å². The summed E-state index contributed by atoms with van der Waals surface area (Å²) >= 11 is 0. The topological polar surface area (TPSA) is 114 Å². The Morgan fingerprint density at radius 1 is 0.605 bits per heavy atom. The van der Waals surface area contributed by atoms with Crippen molar-refractivity contribution in [2.24, 2.45) is 0 Å². The van der Waals surface area contributed by atoms with Gasteiger partial charge in [0.1, 0.15) is 17.2 Å². The molecule has 43 heavy (non-hydrogen) atoms. The van der Waals surface area contributed by atoms with Gasteiger partial charge in [-0.15, -0.1) is 0 Å². The first-order valence-electron chi connectivity index (χ1n) is 15.1. The molecule has 0 saturated carbocycles. The second kappa shape index (κ2) is 18.2. The van der Waals surface area contributed by atoms with Gasteiger partial charge in [-0.25, -0.2) is 9.59 Å². The fourth-order valence-electron chi connectivity index (χ4n) is 4.29. The van der Waals surface area contributed by atoms with E-state index in [9.17, 15) is 19.7 Å². The molecule has 0 saturated heterocycles. The number of hydrogen-bond acceptors (Lipinski definition) is 8. The van der Waals surface area contributed by atoms with E-state index in [0.29, 0.717) is 24.5 Å². The molecule has 9 heteroatoms. The van der Waals surface area contributed by atoms with E-state index in [1.165, 1.54) is 62.1 Å². The Balaban J connectivity index is 1.48. The number of carbonyl (C=O) groups excluding carboxylic acids is 2. The minimum absolute atomic E-state index is 0.0138. The average molecular weight is 592 g/mol. The lowest BCUT2D eigenvalue weighted by Crippen LogP contribution is -2.10. The maximum atomic E-state index is 12.7. The highest BCUT2D eigenvalue weighted by Crippen LogP contribution is 2.29. The Labute approximate surface area is 253 Å². The van der Waals surface area contributed by atoms with Crippen LogP contribution in [0.1, 0.15) is 98.8 Å². The minimum atomic E-state index is -0.763. The first kappa shape index (κ1) is 33.1. The highest BCUT2D eigenvalue weighted by Gasteiger charge is 2.20. The Morgan fingerprint density at radius 2 is 1.07 bits per heavy atom. The molecule has 0 unspecified atom stereocenters. The van der Waals surface area contributed by atoms with E-state index in [2.05, 4.69) is 13.8 Å². The summed E-state index contributed by atoms with van der Waals surface area (Å²) in [6.07, 6.45) is 11.1. The molecule has 9 nitrogen and oxygen atoms in total. The van der Waals surface area contributed by atoms with E-state index in [1.807, 2.05) is 0 Å². The molecule has 0 atom stereocenters. The van der Waals surface area contributed by atoms with Crippen LogP contribution in [0.15, 0.2) is 66.7 Å². The van der Waals surface area contributed by atoms with Crippen molar-refractivity contribution >= 4 is 17.6 Å². The van der Waals surface area contributed by atoms with Crippen LogP contribution in [0, 0.1) is 10.1 Å². The van der Waals surface area contributed by atoms with E-state index in [1.54, 1.807) is 24.3 Å². The third kappa shape index (κ3) is 11.4. The van der Waals surface area contributed by atoms with Crippen LogP contribution in [0.25, 0.3) is 0 Å². The summed E-state index contributed by atoms with van der Waals surface area (Å²) in [5.74, 6) is -0.0288. The predicted molar refractivity (Wildman–Crippen MR) is 164 cm³/mol. The van der Waals surface area contributed by atoms with Crippen molar-refractivity contribution in [3.8, 4) is 23.0 Å². The molecule has 3 rings (SSSR count). The van der Waals surface area contributed by atoms with E-state index in [-0.39, 0.29) is 28.5 Å².